The third kappa shape index (κ3) is 8.43. The predicted molar refractivity (Wildman–Crippen MR) is 137 cm³/mol. The molecule has 3 rings (SSSR count). The van der Waals surface area contributed by atoms with Crippen LogP contribution < -0.4 is 4.74 Å². The third-order valence-electron chi connectivity index (χ3n) is 5.63. The molecule has 0 spiro atoms. The summed E-state index contributed by atoms with van der Waals surface area (Å²) in [6.07, 6.45) is -1.21. The van der Waals surface area contributed by atoms with E-state index in [1.165, 1.54) is 7.11 Å². The number of halogens is 2. The number of carbonyl (C=O) groups is 1. The summed E-state index contributed by atoms with van der Waals surface area (Å²) in [7, 11) is 1.31. The van der Waals surface area contributed by atoms with E-state index in [0.717, 1.165) is 5.56 Å². The summed E-state index contributed by atoms with van der Waals surface area (Å²) < 4.78 is 9.98. The summed E-state index contributed by atoms with van der Waals surface area (Å²) in [5, 5.41) is 22.4. The Hall–Kier alpha value is -2.75. The van der Waals surface area contributed by atoms with E-state index in [1.54, 1.807) is 48.5 Å². The van der Waals surface area contributed by atoms with E-state index in [2.05, 4.69) is 14.7 Å². The van der Waals surface area contributed by atoms with Crippen molar-refractivity contribution in [1.29, 1.82) is 0 Å². The zero-order valence-corrected chi connectivity index (χ0v) is 21.6. The van der Waals surface area contributed by atoms with Crippen molar-refractivity contribution < 1.29 is 24.5 Å². The number of nitrogens with zero attached hydrogens (tertiary/aromatic N) is 3. The minimum Gasteiger partial charge on any atom is -0.482 e. The van der Waals surface area contributed by atoms with Crippen molar-refractivity contribution in [3.8, 4) is 5.75 Å². The Kier molecular flexibility index (Phi) is 10.5. The molecule has 8 nitrogen and oxygen atoms in total. The van der Waals surface area contributed by atoms with Gasteiger partial charge in [-0.15, -0.1) is 0 Å². The van der Waals surface area contributed by atoms with Gasteiger partial charge in [0, 0.05) is 19.1 Å². The largest absolute Gasteiger partial charge is 0.482 e. The average molecular weight is 534 g/mol. The van der Waals surface area contributed by atoms with Crippen LogP contribution in [0.1, 0.15) is 36.1 Å². The van der Waals surface area contributed by atoms with Gasteiger partial charge in [-0.25, -0.2) is 14.8 Å². The predicted octanol–water partition coefficient (Wildman–Crippen LogP) is 4.04. The van der Waals surface area contributed by atoms with E-state index in [0.29, 0.717) is 33.9 Å². The fourth-order valence-electron chi connectivity index (χ4n) is 3.68. The fourth-order valence-corrected chi connectivity index (χ4v) is 4.02. The van der Waals surface area contributed by atoms with Gasteiger partial charge in [0.15, 0.2) is 6.61 Å². The highest BCUT2D eigenvalue weighted by molar-refractivity contribution is 6.29. The number of aliphatic hydroxyl groups excluding tert-OH is 2. The first kappa shape index (κ1) is 27.8. The van der Waals surface area contributed by atoms with E-state index in [1.807, 2.05) is 24.0 Å². The molecule has 2 aromatic heterocycles. The molecule has 3 aromatic rings. The van der Waals surface area contributed by atoms with E-state index < -0.39 is 18.2 Å². The second kappa shape index (κ2) is 13.5. The van der Waals surface area contributed by atoms with Crippen molar-refractivity contribution in [1.82, 2.24) is 14.9 Å². The minimum absolute atomic E-state index is 0.0745. The molecule has 2 N–H and O–H groups in total. The molecule has 0 bridgehead atoms. The number of benzene rings is 1. The number of aromatic nitrogens is 2. The van der Waals surface area contributed by atoms with E-state index in [-0.39, 0.29) is 25.7 Å². The summed E-state index contributed by atoms with van der Waals surface area (Å²) in [6, 6.07) is 17.5. The maximum atomic E-state index is 11.3. The number of rotatable bonds is 12. The van der Waals surface area contributed by atoms with Gasteiger partial charge in [-0.3, -0.25) is 4.90 Å². The van der Waals surface area contributed by atoms with Crippen LogP contribution in [0.15, 0.2) is 60.7 Å². The summed E-state index contributed by atoms with van der Waals surface area (Å²) in [5.74, 6) is 0.0995. The summed E-state index contributed by atoms with van der Waals surface area (Å²) in [4.78, 5) is 21.7. The number of hydrogen-bond donors (Lipinski definition) is 2. The molecule has 0 radical (unpaired) electrons. The number of ether oxygens (including phenoxy) is 2. The van der Waals surface area contributed by atoms with Gasteiger partial charge in [-0.2, -0.15) is 0 Å². The normalized spacial score (nSPS) is 13.8. The molecule has 0 fully saturated rings. The Morgan fingerprint density at radius 3 is 1.92 bits per heavy atom. The Morgan fingerprint density at radius 2 is 1.44 bits per heavy atom. The van der Waals surface area contributed by atoms with Gasteiger partial charge >= 0.3 is 5.97 Å². The molecule has 0 amide bonds. The highest BCUT2D eigenvalue weighted by atomic mass is 35.5. The molecule has 0 aliphatic carbocycles. The highest BCUT2D eigenvalue weighted by Crippen LogP contribution is 2.22. The van der Waals surface area contributed by atoms with Gasteiger partial charge in [-0.1, -0.05) is 47.5 Å². The molecule has 0 aliphatic heterocycles. The molecular formula is C26H29Cl2N3O5. The molecule has 2 heterocycles. The molecule has 0 unspecified atom stereocenters. The molecule has 0 aliphatic rings. The van der Waals surface area contributed by atoms with Crippen molar-refractivity contribution in [3.63, 3.8) is 0 Å². The molecule has 36 heavy (non-hydrogen) atoms. The second-order valence-corrected chi connectivity index (χ2v) is 9.09. The number of hydrogen-bond acceptors (Lipinski definition) is 8. The lowest BCUT2D eigenvalue weighted by Gasteiger charge is -2.32. The molecular weight excluding hydrogens is 505 g/mol. The Labute approximate surface area is 220 Å². The number of carbonyl (C=O) groups excluding carboxylic acids is 1. The summed E-state index contributed by atoms with van der Waals surface area (Å²) in [6.45, 7) is 2.28. The second-order valence-electron chi connectivity index (χ2n) is 8.32. The Bertz CT molecular complexity index is 1080. The first-order valence-electron chi connectivity index (χ1n) is 11.4. The van der Waals surface area contributed by atoms with Crippen LogP contribution in [0.5, 0.6) is 5.75 Å². The van der Waals surface area contributed by atoms with Crippen molar-refractivity contribution in [3.05, 3.63) is 87.9 Å². The topological polar surface area (TPSA) is 105 Å². The van der Waals surface area contributed by atoms with E-state index >= 15 is 0 Å². The maximum Gasteiger partial charge on any atom is 0.343 e. The van der Waals surface area contributed by atoms with Crippen molar-refractivity contribution in [2.45, 2.75) is 31.6 Å². The van der Waals surface area contributed by atoms with Crippen molar-refractivity contribution in [2.75, 3.05) is 26.8 Å². The molecule has 1 aromatic carbocycles. The SMILES string of the molecule is COC(=O)COc1ccc(C[C@@H](C)N(C[C@H](O)c2cccc(Cl)n2)C[C@H](O)c2cccc(Cl)n2)cc1. The third-order valence-corrected chi connectivity index (χ3v) is 6.05. The van der Waals surface area contributed by atoms with Gasteiger partial charge in [0.2, 0.25) is 0 Å². The van der Waals surface area contributed by atoms with Gasteiger partial charge in [0.25, 0.3) is 0 Å². The van der Waals surface area contributed by atoms with Crippen LogP contribution in [0.25, 0.3) is 0 Å². The number of methoxy groups -OCH3 is 1. The molecule has 10 heteroatoms. The van der Waals surface area contributed by atoms with Gasteiger partial charge in [0.05, 0.1) is 18.5 Å². The summed E-state index contributed by atoms with van der Waals surface area (Å²) >= 11 is 12.0. The zero-order chi connectivity index (χ0) is 26.1. The van der Waals surface area contributed by atoms with Crippen LogP contribution >= 0.6 is 23.2 Å². The van der Waals surface area contributed by atoms with Crippen molar-refractivity contribution in [2.24, 2.45) is 0 Å². The highest BCUT2D eigenvalue weighted by Gasteiger charge is 2.24. The van der Waals surface area contributed by atoms with Crippen LogP contribution in [0.2, 0.25) is 10.3 Å². The van der Waals surface area contributed by atoms with Crippen LogP contribution in [0, 0.1) is 0 Å². The Balaban J connectivity index is 1.73. The van der Waals surface area contributed by atoms with Crippen LogP contribution in [-0.4, -0.2) is 63.9 Å². The standard InChI is InChI=1S/C26H29Cl2N3O5/c1-17(13-18-9-11-19(12-10-18)36-16-26(34)35-2)31(14-22(32)20-5-3-7-24(27)29-20)15-23(33)21-6-4-8-25(28)30-21/h3-12,17,22-23,32-33H,13-16H2,1-2H3/t17-,22+,23+/m1/s1. The summed E-state index contributed by atoms with van der Waals surface area (Å²) in [5.41, 5.74) is 1.91. The first-order chi connectivity index (χ1) is 17.2. The lowest BCUT2D eigenvalue weighted by atomic mass is 10.0. The molecule has 192 valence electrons. The van der Waals surface area contributed by atoms with E-state index in [4.69, 9.17) is 27.9 Å². The van der Waals surface area contributed by atoms with Crippen molar-refractivity contribution >= 4 is 29.2 Å². The quantitative estimate of drug-likeness (QED) is 0.265. The van der Waals surface area contributed by atoms with Crippen LogP contribution in [0.3, 0.4) is 0 Å². The lowest BCUT2D eigenvalue weighted by molar-refractivity contribution is -0.142. The smallest absolute Gasteiger partial charge is 0.343 e. The number of pyridine rings is 2. The molecule has 0 saturated carbocycles. The van der Waals surface area contributed by atoms with Crippen LogP contribution in [-0.2, 0) is 16.0 Å². The molecule has 0 saturated heterocycles. The molecule has 3 atom stereocenters. The first-order valence-corrected chi connectivity index (χ1v) is 12.1. The Morgan fingerprint density at radius 1 is 0.917 bits per heavy atom. The van der Waals surface area contributed by atoms with Gasteiger partial charge in [-0.05, 0) is 55.3 Å². The zero-order valence-electron chi connectivity index (χ0n) is 20.1. The van der Waals surface area contributed by atoms with E-state index in [9.17, 15) is 15.0 Å². The number of esters is 1. The van der Waals surface area contributed by atoms with Gasteiger partial charge < -0.3 is 19.7 Å². The maximum absolute atomic E-state index is 11.3. The lowest BCUT2D eigenvalue weighted by Crippen LogP contribution is -2.40. The minimum atomic E-state index is -0.917. The van der Waals surface area contributed by atoms with Crippen LogP contribution in [0.4, 0.5) is 0 Å². The average Bonchev–Trinajstić information content (AvgIpc) is 2.87. The fraction of sp³-hybridized carbons (Fsp3) is 0.346. The monoisotopic (exact) mass is 533 g/mol. The number of aliphatic hydroxyl groups is 2. The van der Waals surface area contributed by atoms with Gasteiger partial charge in [0.1, 0.15) is 28.3 Å².